The van der Waals surface area contributed by atoms with Crippen molar-refractivity contribution in [1.82, 2.24) is 15.1 Å². The quantitative estimate of drug-likeness (QED) is 0.764. The molecule has 0 atom stereocenters. The van der Waals surface area contributed by atoms with Crippen molar-refractivity contribution in [3.8, 4) is 0 Å². The van der Waals surface area contributed by atoms with E-state index in [1.807, 2.05) is 31.2 Å². The minimum atomic E-state index is -0.374. The predicted octanol–water partition coefficient (Wildman–Crippen LogP) is 3.39. The fraction of sp³-hybridized carbons (Fsp3) is 0.176. The molecule has 0 aliphatic carbocycles. The van der Waals surface area contributed by atoms with Crippen LogP contribution in [0.15, 0.2) is 40.9 Å². The lowest BCUT2D eigenvalue weighted by molar-refractivity contribution is 0.102. The molecule has 0 aliphatic heterocycles. The highest BCUT2D eigenvalue weighted by atomic mass is 16.5. The number of hydrogen-bond acceptors (Lipinski definition) is 6. The summed E-state index contributed by atoms with van der Waals surface area (Å²) in [5, 5.41) is 9.48. The van der Waals surface area contributed by atoms with Crippen LogP contribution in [-0.2, 0) is 0 Å². The number of nitrogens with zero attached hydrogens (tertiary/aromatic N) is 3. The molecule has 0 unspecified atom stereocenters. The molecule has 1 amide bonds. The van der Waals surface area contributed by atoms with Crippen molar-refractivity contribution in [3.63, 3.8) is 0 Å². The highest BCUT2D eigenvalue weighted by molar-refractivity contribution is 6.02. The monoisotopic (exact) mass is 323 g/mol. The van der Waals surface area contributed by atoms with Crippen LogP contribution in [-0.4, -0.2) is 21.0 Å². The number of nitrogens with one attached hydrogen (secondary N) is 2. The van der Waals surface area contributed by atoms with Crippen LogP contribution in [0.2, 0.25) is 0 Å². The molecule has 122 valence electrons. The molecule has 2 N–H and O–H groups in total. The molecule has 0 saturated heterocycles. The Morgan fingerprint density at radius 1 is 1.04 bits per heavy atom. The van der Waals surface area contributed by atoms with Crippen molar-refractivity contribution in [2.75, 3.05) is 10.6 Å². The Hall–Kier alpha value is -3.22. The van der Waals surface area contributed by atoms with Gasteiger partial charge in [-0.05, 0) is 39.0 Å². The molecule has 3 aromatic rings. The van der Waals surface area contributed by atoms with Gasteiger partial charge in [0.15, 0.2) is 5.82 Å². The van der Waals surface area contributed by atoms with Crippen molar-refractivity contribution in [2.24, 2.45) is 0 Å². The third-order valence-corrected chi connectivity index (χ3v) is 3.26. The maximum Gasteiger partial charge on any atom is 0.275 e. The number of aryl methyl sites for hydroxylation is 3. The topological polar surface area (TPSA) is 92.9 Å². The summed E-state index contributed by atoms with van der Waals surface area (Å²) in [5.41, 5.74) is 2.94. The van der Waals surface area contributed by atoms with Gasteiger partial charge in [-0.2, -0.15) is 0 Å². The molecule has 24 heavy (non-hydrogen) atoms. The van der Waals surface area contributed by atoms with Gasteiger partial charge in [-0.1, -0.05) is 22.9 Å². The first-order chi connectivity index (χ1) is 11.5. The van der Waals surface area contributed by atoms with Gasteiger partial charge < -0.3 is 15.2 Å². The molecule has 0 spiro atoms. The van der Waals surface area contributed by atoms with Crippen LogP contribution < -0.4 is 10.6 Å². The minimum absolute atomic E-state index is 0.248. The molecule has 0 aliphatic rings. The Balaban J connectivity index is 1.80. The fourth-order valence-electron chi connectivity index (χ4n) is 2.11. The van der Waals surface area contributed by atoms with Gasteiger partial charge in [0, 0.05) is 17.4 Å². The summed E-state index contributed by atoms with van der Waals surface area (Å²) in [4.78, 5) is 20.9. The molecular weight excluding hydrogens is 306 g/mol. The van der Waals surface area contributed by atoms with Crippen LogP contribution in [0.1, 0.15) is 27.5 Å². The van der Waals surface area contributed by atoms with Gasteiger partial charge in [0.2, 0.25) is 5.95 Å². The fourth-order valence-corrected chi connectivity index (χ4v) is 2.11. The second-order valence-corrected chi connectivity index (χ2v) is 5.49. The van der Waals surface area contributed by atoms with E-state index in [1.165, 1.54) is 0 Å². The van der Waals surface area contributed by atoms with Crippen LogP contribution in [0.3, 0.4) is 0 Å². The first-order valence-corrected chi connectivity index (χ1v) is 7.43. The first-order valence-electron chi connectivity index (χ1n) is 7.43. The molecule has 7 nitrogen and oxygen atoms in total. The van der Waals surface area contributed by atoms with Crippen molar-refractivity contribution in [3.05, 3.63) is 59.1 Å². The van der Waals surface area contributed by atoms with Crippen molar-refractivity contribution in [2.45, 2.75) is 20.8 Å². The van der Waals surface area contributed by atoms with E-state index >= 15 is 0 Å². The Bertz CT molecular complexity index is 871. The number of aromatic nitrogens is 3. The average Bonchev–Trinajstić information content (AvgIpc) is 2.94. The maximum atomic E-state index is 12.3. The number of hydrogen-bond donors (Lipinski definition) is 2. The number of carbonyl (C=O) groups is 1. The molecule has 3 rings (SSSR count). The summed E-state index contributed by atoms with van der Waals surface area (Å²) in [6, 6.07) is 11.1. The Kier molecular flexibility index (Phi) is 4.24. The number of benzene rings is 1. The molecule has 2 heterocycles. The third kappa shape index (κ3) is 3.75. The average molecular weight is 323 g/mol. The van der Waals surface area contributed by atoms with Crippen LogP contribution in [0.25, 0.3) is 0 Å². The second kappa shape index (κ2) is 6.49. The van der Waals surface area contributed by atoms with Gasteiger partial charge in [0.1, 0.15) is 11.5 Å². The lowest BCUT2D eigenvalue weighted by Crippen LogP contribution is -2.15. The normalized spacial score (nSPS) is 10.5. The van der Waals surface area contributed by atoms with Crippen molar-refractivity contribution < 1.29 is 9.32 Å². The summed E-state index contributed by atoms with van der Waals surface area (Å²) >= 11 is 0. The van der Waals surface area contributed by atoms with Gasteiger partial charge in [-0.15, -0.1) is 0 Å². The van der Waals surface area contributed by atoms with Crippen molar-refractivity contribution >= 4 is 23.4 Å². The third-order valence-electron chi connectivity index (χ3n) is 3.26. The Labute approximate surface area is 139 Å². The van der Waals surface area contributed by atoms with Gasteiger partial charge in [0.25, 0.3) is 5.91 Å². The highest BCUT2D eigenvalue weighted by Crippen LogP contribution is 2.15. The predicted molar refractivity (Wildman–Crippen MR) is 90.4 cm³/mol. The molecular formula is C17H17N5O2. The molecule has 2 aromatic heterocycles. The second-order valence-electron chi connectivity index (χ2n) is 5.49. The molecule has 0 saturated carbocycles. The smallest absolute Gasteiger partial charge is 0.275 e. The number of rotatable bonds is 4. The Morgan fingerprint density at radius 2 is 1.79 bits per heavy atom. The largest absolute Gasteiger partial charge is 0.360 e. The summed E-state index contributed by atoms with van der Waals surface area (Å²) in [7, 11) is 0. The van der Waals surface area contributed by atoms with E-state index in [0.29, 0.717) is 23.2 Å². The summed E-state index contributed by atoms with van der Waals surface area (Å²) in [5.74, 6) is 0.953. The zero-order valence-corrected chi connectivity index (χ0v) is 13.6. The lowest BCUT2D eigenvalue weighted by atomic mass is 10.2. The summed E-state index contributed by atoms with van der Waals surface area (Å²) in [6.07, 6.45) is 0. The van der Waals surface area contributed by atoms with Gasteiger partial charge in [0.05, 0.1) is 0 Å². The van der Waals surface area contributed by atoms with Crippen LogP contribution in [0.4, 0.5) is 17.5 Å². The van der Waals surface area contributed by atoms with E-state index in [-0.39, 0.29) is 11.6 Å². The van der Waals surface area contributed by atoms with Crippen LogP contribution in [0.5, 0.6) is 0 Å². The molecule has 7 heteroatoms. The van der Waals surface area contributed by atoms with E-state index in [9.17, 15) is 4.79 Å². The van der Waals surface area contributed by atoms with Crippen LogP contribution >= 0.6 is 0 Å². The van der Waals surface area contributed by atoms with Crippen molar-refractivity contribution in [1.29, 1.82) is 0 Å². The van der Waals surface area contributed by atoms with E-state index < -0.39 is 0 Å². The van der Waals surface area contributed by atoms with E-state index in [1.54, 1.807) is 26.0 Å². The Morgan fingerprint density at radius 3 is 2.46 bits per heavy atom. The molecule has 0 fully saturated rings. The standard InChI is InChI=1S/C17H17N5O2/c1-10-4-6-13(7-5-10)19-17-18-11(2)8-14(20-17)16(23)21-15-9-12(3)24-22-15/h4-9H,1-3H3,(H,18,19,20)(H,21,22,23). The first kappa shape index (κ1) is 15.7. The molecule has 0 radical (unpaired) electrons. The molecule has 1 aromatic carbocycles. The number of anilines is 3. The zero-order valence-electron chi connectivity index (χ0n) is 13.6. The molecule has 0 bridgehead atoms. The van der Waals surface area contributed by atoms with Crippen LogP contribution in [0, 0.1) is 20.8 Å². The number of carbonyl (C=O) groups excluding carboxylic acids is 1. The van der Waals surface area contributed by atoms with E-state index in [2.05, 4.69) is 25.8 Å². The van der Waals surface area contributed by atoms with Gasteiger partial charge in [-0.3, -0.25) is 4.79 Å². The van der Waals surface area contributed by atoms with E-state index in [0.717, 1.165) is 11.3 Å². The summed E-state index contributed by atoms with van der Waals surface area (Å²) < 4.78 is 4.93. The highest BCUT2D eigenvalue weighted by Gasteiger charge is 2.13. The van der Waals surface area contributed by atoms with E-state index in [4.69, 9.17) is 4.52 Å². The van der Waals surface area contributed by atoms with Gasteiger partial charge in [-0.25, -0.2) is 9.97 Å². The minimum Gasteiger partial charge on any atom is -0.360 e. The summed E-state index contributed by atoms with van der Waals surface area (Å²) in [6.45, 7) is 5.57. The maximum absolute atomic E-state index is 12.3. The SMILES string of the molecule is Cc1ccc(Nc2nc(C)cc(C(=O)Nc3cc(C)on3)n2)cc1. The lowest BCUT2D eigenvalue weighted by Gasteiger charge is -2.08. The number of amides is 1. The zero-order chi connectivity index (χ0) is 17.1. The van der Waals surface area contributed by atoms with Gasteiger partial charge >= 0.3 is 0 Å².